The lowest BCUT2D eigenvalue weighted by Crippen LogP contribution is -2.99. The molecule has 26 fully saturated rings. The monoisotopic (exact) mass is 706 g/mol. The molecule has 0 amide bonds. The Balaban J connectivity index is 0.474. The highest BCUT2D eigenvalue weighted by Gasteiger charge is 3.00. The summed E-state index contributed by atoms with van der Waals surface area (Å²) in [4.78, 5) is 0. The molecule has 26 saturated carbocycles. The van der Waals surface area contributed by atoms with Gasteiger partial charge in [-0.3, -0.25) is 0 Å². The predicted molar refractivity (Wildman–Crippen MR) is 193 cm³/mol. The van der Waals surface area contributed by atoms with Gasteiger partial charge in [0, 0.05) is 0 Å². The molecule has 26 rings (SSSR count). The fourth-order valence-corrected chi connectivity index (χ4v) is 35.2. The zero-order valence-electron chi connectivity index (χ0n) is 31.7. The van der Waals surface area contributed by atoms with Gasteiger partial charge in [0.1, 0.15) is 0 Å². The molecule has 0 aromatic heterocycles. The largest absolute Gasteiger partial charge is 0.0496 e. The molecule has 48 unspecified atom stereocenters. The maximum Gasteiger partial charge on any atom is -0.0312 e. The Morgan fingerprint density at radius 3 is 0.241 bits per heavy atom. The minimum absolute atomic E-state index is 1.27. The maximum atomic E-state index is 1.66. The first kappa shape index (κ1) is 24.3. The van der Waals surface area contributed by atoms with E-state index in [0.29, 0.717) is 0 Å². The minimum Gasteiger partial charge on any atom is -0.0496 e. The Labute approximate surface area is 320 Å². The van der Waals surface area contributed by atoms with E-state index >= 15 is 0 Å². The molecule has 0 aliphatic heterocycles. The van der Waals surface area contributed by atoms with E-state index in [-0.39, 0.29) is 0 Å². The molecule has 0 spiro atoms. The molecular weight excluding hydrogens is 649 g/mol. The van der Waals surface area contributed by atoms with Gasteiger partial charge in [0.2, 0.25) is 0 Å². The van der Waals surface area contributed by atoms with E-state index in [1.165, 1.54) is 296 Å². The molecule has 0 radical (unpaired) electrons. The summed E-state index contributed by atoms with van der Waals surface area (Å²) in [6.07, 6.45) is 6.64. The summed E-state index contributed by atoms with van der Waals surface area (Å²) in [5.41, 5.74) is 0. The van der Waals surface area contributed by atoms with E-state index in [2.05, 4.69) is 0 Å². The number of fused-ring (bicyclic) bond motifs is 73. The third-order valence-corrected chi connectivity index (χ3v) is 34.5. The van der Waals surface area contributed by atoms with Crippen LogP contribution in [0.1, 0.15) is 25.7 Å². The van der Waals surface area contributed by atoms with E-state index in [1.807, 2.05) is 0 Å². The number of hydrogen-bond donors (Lipinski definition) is 0. The number of rotatable bonds is 0. The van der Waals surface area contributed by atoms with E-state index in [9.17, 15) is 0 Å². The molecule has 26 aliphatic carbocycles. The standard InChI is InChI=1S/C54H58/c1-2-6-5(1)9-10(6)14-13(9)17-18(14)22-21(17)25-26(22)30-29(25)33-34(30)38-37(33)41-42(38)46-45(41)49-50(46)54-52-48-44-40-36-32-28-24-20-16-12-8-4-3-7(8)11(12)15(16)19(20)23(24)27(28)31(32)35(36)39(40)43(44)47(48)51(52)53(49)54/h5-54H,1-4H2. The van der Waals surface area contributed by atoms with Crippen molar-refractivity contribution in [3.63, 3.8) is 0 Å². The molecule has 0 bridgehead atoms. The highest BCUT2D eigenvalue weighted by molar-refractivity contribution is 5.46. The molecule has 0 heteroatoms. The van der Waals surface area contributed by atoms with Gasteiger partial charge in [-0.05, 0) is 322 Å². The van der Waals surface area contributed by atoms with Gasteiger partial charge < -0.3 is 0 Å². The van der Waals surface area contributed by atoms with Gasteiger partial charge in [-0.15, -0.1) is 0 Å². The minimum atomic E-state index is 1.27. The van der Waals surface area contributed by atoms with Crippen LogP contribution < -0.4 is 0 Å². The van der Waals surface area contributed by atoms with E-state index in [4.69, 9.17) is 0 Å². The molecule has 0 aromatic rings. The van der Waals surface area contributed by atoms with Crippen molar-refractivity contribution in [1.82, 2.24) is 0 Å². The van der Waals surface area contributed by atoms with Crippen LogP contribution in [0.15, 0.2) is 0 Å². The molecule has 0 nitrogen and oxygen atoms in total. The zero-order chi connectivity index (χ0) is 31.7. The smallest absolute Gasteiger partial charge is 0.0312 e. The van der Waals surface area contributed by atoms with Crippen LogP contribution in [-0.4, -0.2) is 0 Å². The first-order valence-corrected chi connectivity index (χ1v) is 27.0. The molecule has 26 aliphatic rings. The van der Waals surface area contributed by atoms with Gasteiger partial charge in [0.15, 0.2) is 0 Å². The molecule has 48 atom stereocenters. The molecule has 0 saturated heterocycles. The normalized spacial score (nSPS) is 102. The van der Waals surface area contributed by atoms with E-state index < -0.39 is 0 Å². The second-order valence-corrected chi connectivity index (χ2v) is 30.4. The first-order valence-electron chi connectivity index (χ1n) is 27.0. The molecule has 0 heterocycles. The molecule has 0 N–H and O–H groups in total. The Morgan fingerprint density at radius 2 is 0.167 bits per heavy atom. The lowest BCUT2D eigenvalue weighted by molar-refractivity contribution is -0.552. The molecule has 54 heavy (non-hydrogen) atoms. The van der Waals surface area contributed by atoms with Crippen LogP contribution >= 0.6 is 0 Å². The van der Waals surface area contributed by atoms with Gasteiger partial charge in [0.25, 0.3) is 0 Å². The summed E-state index contributed by atoms with van der Waals surface area (Å²) in [7, 11) is 0. The highest BCUT2D eigenvalue weighted by Crippen LogP contribution is 3.03. The molecule has 274 valence electrons. The van der Waals surface area contributed by atoms with Crippen molar-refractivity contribution in [2.75, 3.05) is 0 Å². The lowest BCUT2D eigenvalue weighted by atomic mass is 9.03. The van der Waals surface area contributed by atoms with Crippen LogP contribution in [0.5, 0.6) is 0 Å². The topological polar surface area (TPSA) is 0 Å². The summed E-state index contributed by atoms with van der Waals surface area (Å²) in [5, 5.41) is 0. The van der Waals surface area contributed by atoms with Gasteiger partial charge in [-0.2, -0.15) is 0 Å². The van der Waals surface area contributed by atoms with Crippen molar-refractivity contribution >= 4 is 0 Å². The Bertz CT molecular complexity index is 1930. The first-order chi connectivity index (χ1) is 27.0. The summed E-state index contributed by atoms with van der Waals surface area (Å²) >= 11 is 0. The highest BCUT2D eigenvalue weighted by atomic mass is 15.0. The zero-order valence-corrected chi connectivity index (χ0v) is 31.7. The quantitative estimate of drug-likeness (QED) is 0.227. The second-order valence-electron chi connectivity index (χ2n) is 30.4. The summed E-state index contributed by atoms with van der Waals surface area (Å²) in [5.74, 6) is 66.0. The summed E-state index contributed by atoms with van der Waals surface area (Å²) < 4.78 is 0. The van der Waals surface area contributed by atoms with Crippen molar-refractivity contribution in [3.8, 4) is 0 Å². The van der Waals surface area contributed by atoms with E-state index in [1.54, 1.807) is 25.7 Å². The second kappa shape index (κ2) is 6.04. The van der Waals surface area contributed by atoms with E-state index in [0.717, 1.165) is 0 Å². The van der Waals surface area contributed by atoms with Crippen LogP contribution in [0.3, 0.4) is 0 Å². The van der Waals surface area contributed by atoms with Crippen molar-refractivity contribution in [2.24, 2.45) is 296 Å². The predicted octanol–water partition coefficient (Wildman–Crippen LogP) is 7.71. The van der Waals surface area contributed by atoms with Gasteiger partial charge in [-0.25, -0.2) is 0 Å². The van der Waals surface area contributed by atoms with Crippen LogP contribution in [-0.2, 0) is 0 Å². The van der Waals surface area contributed by atoms with Crippen molar-refractivity contribution in [2.45, 2.75) is 25.7 Å². The fourth-order valence-electron chi connectivity index (χ4n) is 35.2. The van der Waals surface area contributed by atoms with Crippen LogP contribution in [0.25, 0.3) is 0 Å². The summed E-state index contributed by atoms with van der Waals surface area (Å²) in [6.45, 7) is 0. The van der Waals surface area contributed by atoms with Crippen LogP contribution in [0.2, 0.25) is 0 Å². The van der Waals surface area contributed by atoms with Crippen molar-refractivity contribution < 1.29 is 0 Å². The van der Waals surface area contributed by atoms with Gasteiger partial charge in [0.05, 0.1) is 0 Å². The Morgan fingerprint density at radius 1 is 0.0926 bits per heavy atom. The third-order valence-electron chi connectivity index (χ3n) is 34.5. The Hall–Kier alpha value is 0. The van der Waals surface area contributed by atoms with Crippen LogP contribution in [0, 0.1) is 296 Å². The maximum absolute atomic E-state index is 1.66. The molecular formula is C54H58. The van der Waals surface area contributed by atoms with Gasteiger partial charge in [-0.1, -0.05) is 0 Å². The van der Waals surface area contributed by atoms with Crippen LogP contribution in [0.4, 0.5) is 0 Å². The average molecular weight is 707 g/mol. The third kappa shape index (κ3) is 1.48. The summed E-state index contributed by atoms with van der Waals surface area (Å²) in [6, 6.07) is 0. The molecule has 0 aromatic carbocycles. The fraction of sp³-hybridized carbons (Fsp3) is 1.00. The van der Waals surface area contributed by atoms with Crippen molar-refractivity contribution in [1.29, 1.82) is 0 Å². The number of hydrogen-bond acceptors (Lipinski definition) is 0. The lowest BCUT2D eigenvalue weighted by Gasteiger charge is -3.02. The SMILES string of the molecule is C1CC2C1C1C2C2C1C1C2C2C1C1C2C2C1C1C2C2C1C1C2C2C1C1C2C2C3C4C5C6C7C8C9C%10C%11C%12C%13C%14CCC%14C%13C%12C%11C%10C9C8C7C6C5C4C3C12. The van der Waals surface area contributed by atoms with Crippen molar-refractivity contribution in [3.05, 3.63) is 0 Å². The average Bonchev–Trinajstić information content (AvgIpc) is 3.08. The Kier molecular flexibility index (Phi) is 2.72. The van der Waals surface area contributed by atoms with Gasteiger partial charge >= 0.3 is 0 Å².